The van der Waals surface area contributed by atoms with Crippen LogP contribution in [-0.2, 0) is 21.2 Å². The monoisotopic (exact) mass is 434 g/mol. The van der Waals surface area contributed by atoms with E-state index in [9.17, 15) is 17.6 Å². The van der Waals surface area contributed by atoms with E-state index in [1.165, 1.54) is 22.1 Å². The number of sulfonamides is 1. The lowest BCUT2D eigenvalue weighted by atomic mass is 10.0. The van der Waals surface area contributed by atoms with E-state index in [4.69, 9.17) is 0 Å². The summed E-state index contributed by atoms with van der Waals surface area (Å²) in [6.45, 7) is 1.72. The molecule has 1 fully saturated rings. The molecule has 2 aliphatic rings. The number of rotatable bonds is 5. The molecule has 2 heterocycles. The summed E-state index contributed by atoms with van der Waals surface area (Å²) in [7, 11) is -3.48. The normalized spacial score (nSPS) is 17.3. The van der Waals surface area contributed by atoms with E-state index in [1.54, 1.807) is 41.3 Å². The van der Waals surface area contributed by atoms with Gasteiger partial charge >= 0.3 is 0 Å². The van der Waals surface area contributed by atoms with E-state index >= 15 is 0 Å². The highest BCUT2D eigenvalue weighted by molar-refractivity contribution is 8.00. The molecular weight excluding hydrogens is 411 g/mol. The highest BCUT2D eigenvalue weighted by Gasteiger charge is 2.29. The van der Waals surface area contributed by atoms with Gasteiger partial charge in [0.05, 0.1) is 10.6 Å². The van der Waals surface area contributed by atoms with Crippen LogP contribution in [-0.4, -0.2) is 44.0 Å². The van der Waals surface area contributed by atoms with Crippen LogP contribution in [0, 0.1) is 5.82 Å². The average molecular weight is 435 g/mol. The highest BCUT2D eigenvalue weighted by atomic mass is 32.2. The molecule has 8 heteroatoms. The minimum Gasteiger partial charge on any atom is -0.311 e. The number of amides is 1. The Hall–Kier alpha value is -1.90. The van der Waals surface area contributed by atoms with Crippen molar-refractivity contribution in [3.63, 3.8) is 0 Å². The predicted molar refractivity (Wildman–Crippen MR) is 112 cm³/mol. The Balaban J connectivity index is 1.52. The first-order valence-corrected chi connectivity index (χ1v) is 12.2. The van der Waals surface area contributed by atoms with Gasteiger partial charge in [0.1, 0.15) is 5.82 Å². The molecule has 0 bridgehead atoms. The Kier molecular flexibility index (Phi) is 5.94. The summed E-state index contributed by atoms with van der Waals surface area (Å²) in [6, 6.07) is 11.5. The molecule has 0 radical (unpaired) electrons. The number of carbonyl (C=O) groups is 1. The van der Waals surface area contributed by atoms with Gasteiger partial charge in [-0.15, -0.1) is 11.8 Å². The van der Waals surface area contributed by atoms with Crippen LogP contribution in [0.5, 0.6) is 0 Å². The number of thioether (sulfide) groups is 1. The number of hydrogen-bond donors (Lipinski definition) is 0. The molecule has 0 aromatic heterocycles. The Morgan fingerprint density at radius 3 is 2.55 bits per heavy atom. The molecule has 2 aromatic rings. The molecule has 5 nitrogen and oxygen atoms in total. The Bertz CT molecular complexity index is 1020. The van der Waals surface area contributed by atoms with Crippen molar-refractivity contribution < 1.29 is 17.6 Å². The molecule has 2 aliphatic heterocycles. The van der Waals surface area contributed by atoms with E-state index in [2.05, 4.69) is 0 Å². The maximum absolute atomic E-state index is 13.8. The van der Waals surface area contributed by atoms with Crippen LogP contribution in [0.1, 0.15) is 24.8 Å². The van der Waals surface area contributed by atoms with E-state index in [0.29, 0.717) is 29.4 Å². The molecule has 1 amide bonds. The van der Waals surface area contributed by atoms with E-state index < -0.39 is 10.0 Å². The van der Waals surface area contributed by atoms with Gasteiger partial charge in [-0.2, -0.15) is 4.31 Å². The molecule has 0 aliphatic carbocycles. The van der Waals surface area contributed by atoms with Crippen molar-refractivity contribution in [1.82, 2.24) is 4.31 Å². The molecule has 0 saturated carbocycles. The topological polar surface area (TPSA) is 57.7 Å². The second-order valence-corrected chi connectivity index (χ2v) is 10.2. The van der Waals surface area contributed by atoms with Crippen LogP contribution >= 0.6 is 11.8 Å². The SMILES string of the molecule is O=C(CSc1ccccc1F)N1CCCc2cc(S(=O)(=O)N3CCCC3)ccc21. The first-order chi connectivity index (χ1) is 14.0. The van der Waals surface area contributed by atoms with Gasteiger partial charge in [0.2, 0.25) is 15.9 Å². The summed E-state index contributed by atoms with van der Waals surface area (Å²) < 4.78 is 41.0. The standard InChI is InChI=1S/C21H23FN2O3S2/c22-18-7-1-2-8-20(18)28-15-21(25)24-13-5-6-16-14-17(9-10-19(16)24)29(26,27)23-11-3-4-12-23/h1-2,7-10,14H,3-6,11-13,15H2. The minimum atomic E-state index is -3.48. The van der Waals surface area contributed by atoms with E-state index in [0.717, 1.165) is 36.9 Å². The number of halogens is 1. The number of anilines is 1. The zero-order valence-corrected chi connectivity index (χ0v) is 17.6. The van der Waals surface area contributed by atoms with Crippen molar-refractivity contribution in [2.24, 2.45) is 0 Å². The number of nitrogens with zero attached hydrogens (tertiary/aromatic N) is 2. The Labute approximate surface area is 174 Å². The lowest BCUT2D eigenvalue weighted by molar-refractivity contribution is -0.116. The lowest BCUT2D eigenvalue weighted by Crippen LogP contribution is -2.37. The molecule has 0 spiro atoms. The molecule has 0 unspecified atom stereocenters. The fourth-order valence-electron chi connectivity index (χ4n) is 3.85. The third-order valence-electron chi connectivity index (χ3n) is 5.36. The lowest BCUT2D eigenvalue weighted by Gasteiger charge is -2.30. The largest absolute Gasteiger partial charge is 0.311 e. The molecule has 29 heavy (non-hydrogen) atoms. The summed E-state index contributed by atoms with van der Waals surface area (Å²) in [5.74, 6) is -0.302. The maximum Gasteiger partial charge on any atom is 0.243 e. The van der Waals surface area contributed by atoms with Crippen LogP contribution < -0.4 is 4.90 Å². The van der Waals surface area contributed by atoms with Crippen LogP contribution in [0.4, 0.5) is 10.1 Å². The van der Waals surface area contributed by atoms with Crippen molar-refractivity contribution in [2.45, 2.75) is 35.5 Å². The van der Waals surface area contributed by atoms with Crippen LogP contribution in [0.2, 0.25) is 0 Å². The molecule has 154 valence electrons. The summed E-state index contributed by atoms with van der Waals surface area (Å²) in [6.07, 6.45) is 3.30. The first-order valence-electron chi connectivity index (χ1n) is 9.77. The molecule has 1 saturated heterocycles. The number of fused-ring (bicyclic) bond motifs is 1. The number of aryl methyl sites for hydroxylation is 1. The Morgan fingerprint density at radius 1 is 1.03 bits per heavy atom. The molecule has 2 aromatic carbocycles. The summed E-state index contributed by atoms with van der Waals surface area (Å²) in [5.41, 5.74) is 1.64. The highest BCUT2D eigenvalue weighted by Crippen LogP contribution is 2.32. The van der Waals surface area contributed by atoms with E-state index in [1.807, 2.05) is 0 Å². The number of hydrogen-bond acceptors (Lipinski definition) is 4. The zero-order chi connectivity index (χ0) is 20.4. The quantitative estimate of drug-likeness (QED) is 0.674. The maximum atomic E-state index is 13.8. The van der Waals surface area contributed by atoms with Gasteiger partial charge in [-0.05, 0) is 61.6 Å². The van der Waals surface area contributed by atoms with Crippen LogP contribution in [0.25, 0.3) is 0 Å². The van der Waals surface area contributed by atoms with Gasteiger partial charge in [0, 0.05) is 30.2 Å². The van der Waals surface area contributed by atoms with Gasteiger partial charge in [-0.25, -0.2) is 12.8 Å². The molecule has 0 atom stereocenters. The second kappa shape index (κ2) is 8.45. The van der Waals surface area contributed by atoms with Crippen molar-refractivity contribution in [3.8, 4) is 0 Å². The van der Waals surface area contributed by atoms with Gasteiger partial charge in [0.15, 0.2) is 0 Å². The van der Waals surface area contributed by atoms with Gasteiger partial charge in [-0.3, -0.25) is 4.79 Å². The summed E-state index contributed by atoms with van der Waals surface area (Å²) in [4.78, 5) is 15.2. The molecule has 4 rings (SSSR count). The predicted octanol–water partition coefficient (Wildman–Crippen LogP) is 3.68. The fraction of sp³-hybridized carbons (Fsp3) is 0.381. The fourth-order valence-corrected chi connectivity index (χ4v) is 6.23. The van der Waals surface area contributed by atoms with Crippen molar-refractivity contribution in [2.75, 3.05) is 30.3 Å². The summed E-state index contributed by atoms with van der Waals surface area (Å²) >= 11 is 1.18. The van der Waals surface area contributed by atoms with Crippen LogP contribution in [0.15, 0.2) is 52.3 Å². The van der Waals surface area contributed by atoms with Gasteiger partial charge < -0.3 is 4.90 Å². The van der Waals surface area contributed by atoms with Gasteiger partial charge in [-0.1, -0.05) is 12.1 Å². The van der Waals surface area contributed by atoms with Crippen molar-refractivity contribution >= 4 is 33.4 Å². The molecule has 0 N–H and O–H groups in total. The van der Waals surface area contributed by atoms with Gasteiger partial charge in [0.25, 0.3) is 0 Å². The smallest absolute Gasteiger partial charge is 0.243 e. The van der Waals surface area contributed by atoms with Crippen molar-refractivity contribution in [3.05, 3.63) is 53.8 Å². The zero-order valence-electron chi connectivity index (χ0n) is 16.0. The van der Waals surface area contributed by atoms with Crippen LogP contribution in [0.3, 0.4) is 0 Å². The van der Waals surface area contributed by atoms with E-state index in [-0.39, 0.29) is 17.5 Å². The van der Waals surface area contributed by atoms with Crippen molar-refractivity contribution in [1.29, 1.82) is 0 Å². The average Bonchev–Trinajstić information content (AvgIpc) is 3.28. The molecular formula is C21H23FN2O3S2. The number of benzene rings is 2. The number of carbonyl (C=O) groups excluding carboxylic acids is 1. The third-order valence-corrected chi connectivity index (χ3v) is 8.29. The Morgan fingerprint density at radius 2 is 1.79 bits per heavy atom. The first kappa shape index (κ1) is 20.4. The third kappa shape index (κ3) is 4.20. The minimum absolute atomic E-state index is 0.102. The second-order valence-electron chi connectivity index (χ2n) is 7.27. The summed E-state index contributed by atoms with van der Waals surface area (Å²) in [5, 5.41) is 0.